The first-order chi connectivity index (χ1) is 12.6. The number of hydrogen-bond donors (Lipinski definition) is 3. The van der Waals surface area contributed by atoms with E-state index >= 15 is 0 Å². The van der Waals surface area contributed by atoms with Crippen molar-refractivity contribution in [2.45, 2.75) is 38.1 Å². The molecule has 0 radical (unpaired) electrons. The number of benzene rings is 1. The summed E-state index contributed by atoms with van der Waals surface area (Å²) in [5.74, 6) is 0.654. The number of halogens is 1. The first-order valence-corrected chi connectivity index (χ1v) is 9.00. The zero-order chi connectivity index (χ0) is 18.1. The monoisotopic (exact) mass is 373 g/mol. The van der Waals surface area contributed by atoms with Crippen LogP contribution >= 0.6 is 11.6 Å². The highest BCUT2D eigenvalue weighted by molar-refractivity contribution is 6.30. The van der Waals surface area contributed by atoms with E-state index in [0.29, 0.717) is 41.5 Å². The highest BCUT2D eigenvalue weighted by atomic mass is 35.5. The molecule has 3 atom stereocenters. The van der Waals surface area contributed by atoms with Gasteiger partial charge in [0.15, 0.2) is 11.5 Å². The molecule has 3 aromatic rings. The van der Waals surface area contributed by atoms with Gasteiger partial charge in [-0.2, -0.15) is 0 Å². The highest BCUT2D eigenvalue weighted by Crippen LogP contribution is 2.29. The van der Waals surface area contributed by atoms with E-state index in [2.05, 4.69) is 20.3 Å². The molecular weight excluding hydrogens is 354 g/mol. The summed E-state index contributed by atoms with van der Waals surface area (Å²) in [7, 11) is 0. The van der Waals surface area contributed by atoms with Crippen LogP contribution in [-0.4, -0.2) is 41.9 Å². The summed E-state index contributed by atoms with van der Waals surface area (Å²) in [6.45, 7) is 1.15. The fourth-order valence-corrected chi connectivity index (χ4v) is 3.68. The molecule has 0 aliphatic heterocycles. The van der Waals surface area contributed by atoms with Crippen molar-refractivity contribution in [2.75, 3.05) is 5.32 Å². The third kappa shape index (κ3) is 3.38. The standard InChI is InChI=1S/C18H20ClN5O2/c19-13-3-1-2-11(6-13)7-20-17-15-18(22-9-21-17)24(10-23-15)8-12-4-5-14(25)16(12)26/h1-3,6,9-10,12,14,16,25-26H,4-5,7-8H2,(H,20,21,22)/t12-,14+,16-/m0/s1. The Hall–Kier alpha value is -2.22. The minimum atomic E-state index is -0.699. The van der Waals surface area contributed by atoms with Gasteiger partial charge >= 0.3 is 0 Å². The Morgan fingerprint density at radius 1 is 1.19 bits per heavy atom. The Morgan fingerprint density at radius 3 is 2.85 bits per heavy atom. The van der Waals surface area contributed by atoms with Gasteiger partial charge in [-0.05, 0) is 30.5 Å². The molecule has 1 aromatic carbocycles. The second-order valence-corrected chi connectivity index (χ2v) is 7.11. The van der Waals surface area contributed by atoms with Crippen molar-refractivity contribution >= 4 is 28.6 Å². The van der Waals surface area contributed by atoms with E-state index in [-0.39, 0.29) is 5.92 Å². The van der Waals surface area contributed by atoms with Crippen LogP contribution in [0.1, 0.15) is 18.4 Å². The maximum Gasteiger partial charge on any atom is 0.165 e. The van der Waals surface area contributed by atoms with E-state index in [1.165, 1.54) is 6.33 Å². The topological polar surface area (TPSA) is 96.1 Å². The van der Waals surface area contributed by atoms with Crippen molar-refractivity contribution in [3.8, 4) is 0 Å². The molecule has 2 heterocycles. The predicted molar refractivity (Wildman–Crippen MR) is 98.8 cm³/mol. The van der Waals surface area contributed by atoms with Crippen molar-refractivity contribution < 1.29 is 10.2 Å². The van der Waals surface area contributed by atoms with Crippen LogP contribution in [0.3, 0.4) is 0 Å². The first-order valence-electron chi connectivity index (χ1n) is 8.62. The normalized spacial score (nSPS) is 22.8. The minimum absolute atomic E-state index is 0.000218. The number of nitrogens with one attached hydrogen (secondary N) is 1. The van der Waals surface area contributed by atoms with Crippen molar-refractivity contribution in [3.63, 3.8) is 0 Å². The van der Waals surface area contributed by atoms with Crippen LogP contribution < -0.4 is 5.32 Å². The van der Waals surface area contributed by atoms with Gasteiger partial charge in [0.25, 0.3) is 0 Å². The third-order valence-corrected chi connectivity index (χ3v) is 5.13. The summed E-state index contributed by atoms with van der Waals surface area (Å²) >= 11 is 6.02. The molecule has 0 amide bonds. The lowest BCUT2D eigenvalue weighted by Gasteiger charge is -2.17. The van der Waals surface area contributed by atoms with Crippen LogP contribution in [0.15, 0.2) is 36.9 Å². The summed E-state index contributed by atoms with van der Waals surface area (Å²) in [6, 6.07) is 7.63. The fraction of sp³-hybridized carbons (Fsp3) is 0.389. The summed E-state index contributed by atoms with van der Waals surface area (Å²) < 4.78 is 1.91. The number of imidazole rings is 1. The molecule has 1 fully saturated rings. The Morgan fingerprint density at radius 2 is 2.08 bits per heavy atom. The zero-order valence-electron chi connectivity index (χ0n) is 14.1. The molecule has 4 rings (SSSR count). The first kappa shape index (κ1) is 17.2. The molecule has 26 heavy (non-hydrogen) atoms. The van der Waals surface area contributed by atoms with Crippen LogP contribution in [0, 0.1) is 5.92 Å². The molecular formula is C18H20ClN5O2. The fourth-order valence-electron chi connectivity index (χ4n) is 3.47. The van der Waals surface area contributed by atoms with E-state index < -0.39 is 12.2 Å². The van der Waals surface area contributed by atoms with Crippen molar-refractivity contribution in [1.29, 1.82) is 0 Å². The highest BCUT2D eigenvalue weighted by Gasteiger charge is 2.33. The number of aromatic nitrogens is 4. The molecule has 1 saturated carbocycles. The zero-order valence-corrected chi connectivity index (χ0v) is 14.8. The predicted octanol–water partition coefficient (Wildman–Crippen LogP) is 2.22. The van der Waals surface area contributed by atoms with Crippen LogP contribution in [0.4, 0.5) is 5.82 Å². The van der Waals surface area contributed by atoms with E-state index in [0.717, 1.165) is 12.0 Å². The molecule has 0 unspecified atom stereocenters. The van der Waals surface area contributed by atoms with Crippen LogP contribution in [-0.2, 0) is 13.1 Å². The van der Waals surface area contributed by atoms with E-state index in [1.807, 2.05) is 28.8 Å². The van der Waals surface area contributed by atoms with Crippen molar-refractivity contribution in [3.05, 3.63) is 47.5 Å². The second-order valence-electron chi connectivity index (χ2n) is 6.67. The Balaban J connectivity index is 1.53. The lowest BCUT2D eigenvalue weighted by Crippen LogP contribution is -2.27. The maximum absolute atomic E-state index is 10.1. The summed E-state index contributed by atoms with van der Waals surface area (Å²) in [5, 5.41) is 23.8. The number of hydrogen-bond acceptors (Lipinski definition) is 6. The van der Waals surface area contributed by atoms with Crippen molar-refractivity contribution in [2.24, 2.45) is 5.92 Å². The van der Waals surface area contributed by atoms with Gasteiger partial charge in [-0.25, -0.2) is 15.0 Å². The number of rotatable bonds is 5. The molecule has 0 saturated heterocycles. The number of aliphatic hydroxyl groups is 2. The quantitative estimate of drug-likeness (QED) is 0.634. The van der Waals surface area contributed by atoms with E-state index in [1.54, 1.807) is 6.33 Å². The van der Waals surface area contributed by atoms with E-state index in [4.69, 9.17) is 11.6 Å². The number of nitrogens with zero attached hydrogens (tertiary/aromatic N) is 4. The molecule has 1 aliphatic carbocycles. The molecule has 2 aromatic heterocycles. The van der Waals surface area contributed by atoms with Gasteiger partial charge in [0.1, 0.15) is 11.8 Å². The van der Waals surface area contributed by atoms with Crippen LogP contribution in [0.5, 0.6) is 0 Å². The molecule has 1 aliphatic rings. The Bertz CT molecular complexity index is 915. The average molecular weight is 374 g/mol. The van der Waals surface area contributed by atoms with Gasteiger partial charge in [0.05, 0.1) is 18.5 Å². The van der Waals surface area contributed by atoms with Gasteiger partial charge < -0.3 is 20.1 Å². The van der Waals surface area contributed by atoms with Gasteiger partial charge in [0.2, 0.25) is 0 Å². The molecule has 0 spiro atoms. The van der Waals surface area contributed by atoms with E-state index in [9.17, 15) is 10.2 Å². The smallest absolute Gasteiger partial charge is 0.165 e. The van der Waals surface area contributed by atoms with Gasteiger partial charge in [-0.15, -0.1) is 0 Å². The molecule has 8 heteroatoms. The SMILES string of the molecule is O[C@H]1[C@H](Cn2cnc3c(NCc4cccc(Cl)c4)ncnc32)CC[C@H]1O. The van der Waals surface area contributed by atoms with Gasteiger partial charge in [0, 0.05) is 24.0 Å². The number of aliphatic hydroxyl groups excluding tert-OH is 2. The van der Waals surface area contributed by atoms with Crippen LogP contribution in [0.2, 0.25) is 5.02 Å². The minimum Gasteiger partial charge on any atom is -0.390 e. The number of anilines is 1. The van der Waals surface area contributed by atoms with Crippen LogP contribution in [0.25, 0.3) is 11.2 Å². The maximum atomic E-state index is 10.1. The Kier molecular flexibility index (Phi) is 4.76. The lowest BCUT2D eigenvalue weighted by molar-refractivity contribution is 0.0171. The summed E-state index contributed by atoms with van der Waals surface area (Å²) in [4.78, 5) is 13.1. The molecule has 0 bridgehead atoms. The van der Waals surface area contributed by atoms with Crippen molar-refractivity contribution in [1.82, 2.24) is 19.5 Å². The second kappa shape index (κ2) is 7.19. The summed E-state index contributed by atoms with van der Waals surface area (Å²) in [6.07, 6.45) is 3.28. The largest absolute Gasteiger partial charge is 0.390 e. The van der Waals surface area contributed by atoms with Gasteiger partial charge in [-0.1, -0.05) is 23.7 Å². The molecule has 3 N–H and O–H groups in total. The summed E-state index contributed by atoms with van der Waals surface area (Å²) in [5.41, 5.74) is 2.44. The van der Waals surface area contributed by atoms with Gasteiger partial charge in [-0.3, -0.25) is 0 Å². The average Bonchev–Trinajstić information content (AvgIpc) is 3.19. The lowest BCUT2D eigenvalue weighted by atomic mass is 10.1. The third-order valence-electron chi connectivity index (χ3n) is 4.89. The molecule has 136 valence electrons. The number of fused-ring (bicyclic) bond motifs is 1. The molecule has 7 nitrogen and oxygen atoms in total. The Labute approximate surface area is 155 Å².